The van der Waals surface area contributed by atoms with Gasteiger partial charge in [0.1, 0.15) is 5.75 Å². The number of rotatable bonds is 5. The third-order valence-electron chi connectivity index (χ3n) is 5.62. The summed E-state index contributed by atoms with van der Waals surface area (Å²) in [6, 6.07) is 13.6. The second kappa shape index (κ2) is 8.66. The minimum Gasteiger partial charge on any atom is -0.483 e. The van der Waals surface area contributed by atoms with Gasteiger partial charge in [-0.3, -0.25) is 9.59 Å². The van der Waals surface area contributed by atoms with Gasteiger partial charge in [0.2, 0.25) is 0 Å². The number of nitrogens with zero attached hydrogens (tertiary/aromatic N) is 2. The highest BCUT2D eigenvalue weighted by Gasteiger charge is 2.27. The molecule has 2 aromatic carbocycles. The van der Waals surface area contributed by atoms with Crippen LogP contribution in [-0.2, 0) is 22.5 Å². The van der Waals surface area contributed by atoms with E-state index in [9.17, 15) is 9.59 Å². The quantitative estimate of drug-likeness (QED) is 0.782. The van der Waals surface area contributed by atoms with E-state index in [-0.39, 0.29) is 18.4 Å². The van der Waals surface area contributed by atoms with Gasteiger partial charge in [-0.2, -0.15) is 0 Å². The number of hydrogen-bond donors (Lipinski definition) is 0. The number of hydrogen-bond acceptors (Lipinski definition) is 4. The summed E-state index contributed by atoms with van der Waals surface area (Å²) in [4.78, 5) is 29.1. The lowest BCUT2D eigenvalue weighted by Gasteiger charge is -2.30. The Balaban J connectivity index is 1.45. The van der Waals surface area contributed by atoms with Crippen molar-refractivity contribution in [3.63, 3.8) is 0 Å². The molecule has 6 nitrogen and oxygen atoms in total. The summed E-state index contributed by atoms with van der Waals surface area (Å²) in [5, 5.41) is 0. The summed E-state index contributed by atoms with van der Waals surface area (Å²) in [6.07, 6.45) is 0.717. The van der Waals surface area contributed by atoms with E-state index < -0.39 is 0 Å². The molecule has 0 spiro atoms. The van der Waals surface area contributed by atoms with Crippen molar-refractivity contribution in [1.82, 2.24) is 9.80 Å². The highest BCUT2D eigenvalue weighted by Crippen LogP contribution is 2.29. The van der Waals surface area contributed by atoms with Crippen molar-refractivity contribution < 1.29 is 19.1 Å². The average Bonchev–Trinajstić information content (AvgIpc) is 2.76. The van der Waals surface area contributed by atoms with Crippen molar-refractivity contribution in [2.75, 3.05) is 39.5 Å². The summed E-state index contributed by atoms with van der Waals surface area (Å²) in [5.41, 5.74) is 3.91. The Morgan fingerprint density at radius 3 is 2.66 bits per heavy atom. The molecule has 2 heterocycles. The first-order valence-electron chi connectivity index (χ1n) is 10.1. The van der Waals surface area contributed by atoms with Gasteiger partial charge in [0.15, 0.2) is 6.61 Å². The van der Waals surface area contributed by atoms with Crippen LogP contribution < -0.4 is 4.74 Å². The van der Waals surface area contributed by atoms with Gasteiger partial charge in [-0.25, -0.2) is 0 Å². The van der Waals surface area contributed by atoms with E-state index in [0.717, 1.165) is 17.5 Å². The second-order valence-electron chi connectivity index (χ2n) is 7.47. The fourth-order valence-corrected chi connectivity index (χ4v) is 3.87. The summed E-state index contributed by atoms with van der Waals surface area (Å²) in [5.74, 6) is 0.599. The standard InChI is InChI=1S/C23H26N2O4/c1-17-5-2-3-6-18(17)15-25-10-9-19-20(23(25)27)7-4-8-21(19)29-16-22(26)24-11-13-28-14-12-24/h2-8H,9-16H2,1H3. The van der Waals surface area contributed by atoms with Crippen molar-refractivity contribution in [1.29, 1.82) is 0 Å². The summed E-state index contributed by atoms with van der Waals surface area (Å²) >= 11 is 0. The van der Waals surface area contributed by atoms with Crippen molar-refractivity contribution in [3.8, 4) is 5.75 Å². The van der Waals surface area contributed by atoms with Crippen LogP contribution in [0.3, 0.4) is 0 Å². The van der Waals surface area contributed by atoms with E-state index in [1.165, 1.54) is 5.56 Å². The normalized spacial score (nSPS) is 16.5. The Bertz CT molecular complexity index is 906. The molecule has 1 saturated heterocycles. The van der Waals surface area contributed by atoms with Crippen molar-refractivity contribution in [2.45, 2.75) is 19.9 Å². The van der Waals surface area contributed by atoms with Crippen LogP contribution in [0.25, 0.3) is 0 Å². The highest BCUT2D eigenvalue weighted by molar-refractivity contribution is 5.97. The summed E-state index contributed by atoms with van der Waals surface area (Å²) in [6.45, 7) is 5.62. The first-order valence-corrected chi connectivity index (χ1v) is 10.1. The molecule has 0 bridgehead atoms. The van der Waals surface area contributed by atoms with Gasteiger partial charge in [0.05, 0.1) is 13.2 Å². The second-order valence-corrected chi connectivity index (χ2v) is 7.47. The molecule has 6 heteroatoms. The number of morpholine rings is 1. The Labute approximate surface area is 171 Å². The molecular formula is C23H26N2O4. The molecule has 1 fully saturated rings. The molecule has 152 valence electrons. The number of aryl methyl sites for hydroxylation is 1. The van der Waals surface area contributed by atoms with Crippen LogP contribution in [0.4, 0.5) is 0 Å². The number of benzene rings is 2. The van der Waals surface area contributed by atoms with Gasteiger partial charge in [0.25, 0.3) is 11.8 Å². The number of ether oxygens (including phenoxy) is 2. The van der Waals surface area contributed by atoms with E-state index in [4.69, 9.17) is 9.47 Å². The van der Waals surface area contributed by atoms with Crippen molar-refractivity contribution in [2.24, 2.45) is 0 Å². The van der Waals surface area contributed by atoms with Crippen LogP contribution in [-0.4, -0.2) is 61.1 Å². The van der Waals surface area contributed by atoms with E-state index in [1.54, 1.807) is 4.90 Å². The molecule has 29 heavy (non-hydrogen) atoms. The minimum absolute atomic E-state index is 0.0134. The van der Waals surface area contributed by atoms with Gasteiger partial charge >= 0.3 is 0 Å². The zero-order chi connectivity index (χ0) is 20.2. The maximum Gasteiger partial charge on any atom is 0.260 e. The van der Waals surface area contributed by atoms with Crippen LogP contribution >= 0.6 is 0 Å². The van der Waals surface area contributed by atoms with Crippen LogP contribution in [0.5, 0.6) is 5.75 Å². The number of carbonyl (C=O) groups is 2. The van der Waals surface area contributed by atoms with Gasteiger partial charge in [-0.05, 0) is 36.6 Å². The van der Waals surface area contributed by atoms with Crippen molar-refractivity contribution in [3.05, 3.63) is 64.7 Å². The minimum atomic E-state index is -0.0470. The molecule has 0 atom stereocenters. The Morgan fingerprint density at radius 1 is 1.07 bits per heavy atom. The van der Waals surface area contributed by atoms with Gasteiger partial charge in [-0.1, -0.05) is 30.3 Å². The van der Waals surface area contributed by atoms with E-state index >= 15 is 0 Å². The van der Waals surface area contributed by atoms with Gasteiger partial charge < -0.3 is 19.3 Å². The molecule has 2 aliphatic rings. The van der Waals surface area contributed by atoms with Crippen LogP contribution in [0.1, 0.15) is 27.0 Å². The zero-order valence-corrected chi connectivity index (χ0v) is 16.7. The molecule has 0 radical (unpaired) electrons. The topological polar surface area (TPSA) is 59.1 Å². The molecule has 0 aromatic heterocycles. The van der Waals surface area contributed by atoms with Gasteiger partial charge in [0, 0.05) is 37.3 Å². The first-order chi connectivity index (χ1) is 14.1. The van der Waals surface area contributed by atoms with E-state index in [1.807, 2.05) is 35.2 Å². The molecule has 0 N–H and O–H groups in total. The maximum absolute atomic E-state index is 13.1. The number of amides is 2. The van der Waals surface area contributed by atoms with Crippen LogP contribution in [0.2, 0.25) is 0 Å². The SMILES string of the molecule is Cc1ccccc1CN1CCc2c(OCC(=O)N3CCOCC3)cccc2C1=O. The predicted molar refractivity (Wildman–Crippen MR) is 109 cm³/mol. The monoisotopic (exact) mass is 394 g/mol. The Kier molecular flexibility index (Phi) is 5.81. The van der Waals surface area contributed by atoms with E-state index in [2.05, 4.69) is 19.1 Å². The number of fused-ring (bicyclic) bond motifs is 1. The largest absolute Gasteiger partial charge is 0.483 e. The van der Waals surface area contributed by atoms with Gasteiger partial charge in [-0.15, -0.1) is 0 Å². The van der Waals surface area contributed by atoms with Crippen molar-refractivity contribution >= 4 is 11.8 Å². The molecule has 0 aliphatic carbocycles. The molecular weight excluding hydrogens is 368 g/mol. The lowest BCUT2D eigenvalue weighted by Crippen LogP contribution is -2.43. The summed E-state index contributed by atoms with van der Waals surface area (Å²) in [7, 11) is 0. The third-order valence-corrected chi connectivity index (χ3v) is 5.62. The number of carbonyl (C=O) groups excluding carboxylic acids is 2. The Morgan fingerprint density at radius 2 is 1.86 bits per heavy atom. The summed E-state index contributed by atoms with van der Waals surface area (Å²) < 4.78 is 11.1. The first kappa shape index (κ1) is 19.5. The molecule has 0 saturated carbocycles. The van der Waals surface area contributed by atoms with E-state index in [0.29, 0.717) is 50.7 Å². The molecule has 0 unspecified atom stereocenters. The zero-order valence-electron chi connectivity index (χ0n) is 16.7. The fourth-order valence-electron chi connectivity index (χ4n) is 3.87. The predicted octanol–water partition coefficient (Wildman–Crippen LogP) is 2.43. The third kappa shape index (κ3) is 4.27. The fraction of sp³-hybridized carbons (Fsp3) is 0.391. The molecule has 2 amide bonds. The molecule has 2 aromatic rings. The van der Waals surface area contributed by atoms with Crippen LogP contribution in [0, 0.1) is 6.92 Å². The smallest absolute Gasteiger partial charge is 0.260 e. The maximum atomic E-state index is 13.1. The molecule has 4 rings (SSSR count). The highest BCUT2D eigenvalue weighted by atomic mass is 16.5. The Hall–Kier alpha value is -2.86. The lowest BCUT2D eigenvalue weighted by molar-refractivity contribution is -0.137. The van der Waals surface area contributed by atoms with Crippen LogP contribution in [0.15, 0.2) is 42.5 Å². The molecule has 2 aliphatic heterocycles. The average molecular weight is 394 g/mol. The lowest BCUT2D eigenvalue weighted by atomic mass is 9.97.